The molecule has 0 atom stereocenters. The molecule has 9 heteroatoms. The van der Waals surface area contributed by atoms with Gasteiger partial charge in [-0.3, -0.25) is 0 Å². The molecule has 2 aromatic carbocycles. The van der Waals surface area contributed by atoms with Crippen LogP contribution < -0.4 is 0 Å². The van der Waals surface area contributed by atoms with Crippen molar-refractivity contribution >= 4 is 34.9 Å². The number of H-pyrrole nitrogens is 1. The van der Waals surface area contributed by atoms with Gasteiger partial charge in [-0.05, 0) is 36.4 Å². The van der Waals surface area contributed by atoms with Crippen LogP contribution in [0.15, 0.2) is 81.1 Å². The summed E-state index contributed by atoms with van der Waals surface area (Å²) >= 11 is 0. The van der Waals surface area contributed by atoms with Crippen LogP contribution in [0.25, 0.3) is 0 Å². The van der Waals surface area contributed by atoms with Crippen molar-refractivity contribution in [2.45, 2.75) is 0 Å². The van der Waals surface area contributed by atoms with Gasteiger partial charge in [-0.2, -0.15) is 0 Å². The van der Waals surface area contributed by atoms with Gasteiger partial charge in [0.1, 0.15) is 11.4 Å². The molecule has 0 bridgehead atoms. The molecule has 0 spiro atoms. The number of benzene rings is 2. The molecule has 3 rings (SSSR count). The summed E-state index contributed by atoms with van der Waals surface area (Å²) in [7, 11) is 0. The molecule has 134 valence electrons. The normalized spacial score (nSPS) is 11.3. The van der Waals surface area contributed by atoms with Crippen LogP contribution in [0.1, 0.15) is 20.7 Å². The van der Waals surface area contributed by atoms with Gasteiger partial charge in [0, 0.05) is 0 Å². The number of carbonyl (C=O) groups is 2. The van der Waals surface area contributed by atoms with Gasteiger partial charge in [-0.15, -0.1) is 20.5 Å². The van der Waals surface area contributed by atoms with Crippen molar-refractivity contribution in [1.82, 2.24) is 4.98 Å². The van der Waals surface area contributed by atoms with Gasteiger partial charge >= 0.3 is 11.9 Å². The van der Waals surface area contributed by atoms with Gasteiger partial charge in [0.25, 0.3) is 0 Å². The summed E-state index contributed by atoms with van der Waals surface area (Å²) < 4.78 is 0. The first-order valence-electron chi connectivity index (χ1n) is 7.72. The van der Waals surface area contributed by atoms with Crippen LogP contribution >= 0.6 is 0 Å². The average molecular weight is 363 g/mol. The number of aromatic carboxylic acids is 2. The third kappa shape index (κ3) is 4.28. The number of rotatable bonds is 6. The summed E-state index contributed by atoms with van der Waals surface area (Å²) in [5.74, 6) is -1.50. The second-order valence-electron chi connectivity index (χ2n) is 5.27. The summed E-state index contributed by atoms with van der Waals surface area (Å²) in [6.07, 6.45) is 0. The van der Waals surface area contributed by atoms with E-state index in [1.165, 1.54) is 12.1 Å². The van der Waals surface area contributed by atoms with Crippen LogP contribution in [0.4, 0.5) is 23.0 Å². The number of carboxylic acid groups (broad SMARTS) is 2. The van der Waals surface area contributed by atoms with Crippen molar-refractivity contribution in [2.75, 3.05) is 0 Å². The molecular weight excluding hydrogens is 350 g/mol. The Bertz CT molecular complexity index is 973. The molecule has 0 aliphatic heterocycles. The fraction of sp³-hybridized carbons (Fsp3) is 0. The van der Waals surface area contributed by atoms with Gasteiger partial charge in [0.05, 0.1) is 11.1 Å². The Balaban J connectivity index is 1.78. The first kappa shape index (κ1) is 17.7. The zero-order valence-electron chi connectivity index (χ0n) is 13.8. The van der Waals surface area contributed by atoms with Crippen molar-refractivity contribution in [3.63, 3.8) is 0 Å². The smallest absolute Gasteiger partial charge is 0.337 e. The number of nitrogens with zero attached hydrogens (tertiary/aromatic N) is 4. The van der Waals surface area contributed by atoms with Crippen LogP contribution in [-0.4, -0.2) is 27.1 Å². The summed E-state index contributed by atoms with van der Waals surface area (Å²) in [5, 5.41) is 34.0. The number of hydrogen-bond acceptors (Lipinski definition) is 6. The minimum atomic E-state index is -1.09. The third-order valence-electron chi connectivity index (χ3n) is 3.46. The zero-order valence-corrected chi connectivity index (χ0v) is 13.8. The quantitative estimate of drug-likeness (QED) is 0.515. The van der Waals surface area contributed by atoms with Crippen LogP contribution in [0.5, 0.6) is 0 Å². The molecule has 1 heterocycles. The second kappa shape index (κ2) is 7.83. The molecule has 0 saturated carbocycles. The Hall–Kier alpha value is -4.14. The van der Waals surface area contributed by atoms with E-state index < -0.39 is 11.9 Å². The molecule has 0 unspecified atom stereocenters. The highest BCUT2D eigenvalue weighted by Gasteiger charge is 2.09. The van der Waals surface area contributed by atoms with Crippen LogP contribution in [0, 0.1) is 0 Å². The van der Waals surface area contributed by atoms with Crippen LogP contribution in [0.2, 0.25) is 0 Å². The van der Waals surface area contributed by atoms with E-state index in [9.17, 15) is 9.59 Å². The van der Waals surface area contributed by atoms with Crippen molar-refractivity contribution < 1.29 is 19.8 Å². The maximum absolute atomic E-state index is 11.2. The van der Waals surface area contributed by atoms with E-state index in [4.69, 9.17) is 10.2 Å². The van der Waals surface area contributed by atoms with Gasteiger partial charge < -0.3 is 15.2 Å². The zero-order chi connectivity index (χ0) is 19.2. The molecule has 0 aliphatic rings. The highest BCUT2D eigenvalue weighted by Crippen LogP contribution is 2.25. The SMILES string of the molecule is O=C(O)c1ccccc1N=Nc1ccc(N=Nc2ccccc2C(=O)O)[nH]1. The van der Waals surface area contributed by atoms with Crippen LogP contribution in [0.3, 0.4) is 0 Å². The summed E-state index contributed by atoms with van der Waals surface area (Å²) in [5.41, 5.74) is 0.521. The van der Waals surface area contributed by atoms with Gasteiger partial charge in [-0.1, -0.05) is 24.3 Å². The number of nitrogens with one attached hydrogen (secondary N) is 1. The molecule has 0 saturated heterocycles. The molecule has 0 fully saturated rings. The standard InChI is InChI=1S/C18H13N5O4/c24-17(25)11-5-1-3-7-13(11)20-22-15-9-10-16(19-15)23-21-14-8-4-2-6-12(14)18(26)27/h1-10,19H,(H,24,25)(H,26,27). The first-order valence-corrected chi connectivity index (χ1v) is 7.72. The largest absolute Gasteiger partial charge is 0.478 e. The molecule has 0 radical (unpaired) electrons. The Morgan fingerprint density at radius 1 is 0.630 bits per heavy atom. The second-order valence-corrected chi connectivity index (χ2v) is 5.27. The molecule has 0 amide bonds. The summed E-state index contributed by atoms with van der Waals surface area (Å²) in [4.78, 5) is 25.1. The minimum absolute atomic E-state index is 0.0398. The fourth-order valence-corrected chi connectivity index (χ4v) is 2.19. The number of aromatic amines is 1. The summed E-state index contributed by atoms with van der Waals surface area (Å²) in [6, 6.07) is 15.7. The van der Waals surface area contributed by atoms with Gasteiger partial charge in [0.15, 0.2) is 11.6 Å². The molecular formula is C18H13N5O4. The Labute approximate surface area is 152 Å². The lowest BCUT2D eigenvalue weighted by Crippen LogP contribution is -1.95. The lowest BCUT2D eigenvalue weighted by molar-refractivity contribution is 0.0687. The molecule has 9 nitrogen and oxygen atoms in total. The number of aromatic nitrogens is 1. The van der Waals surface area contributed by atoms with E-state index >= 15 is 0 Å². The van der Waals surface area contributed by atoms with E-state index in [2.05, 4.69) is 25.4 Å². The molecule has 3 N–H and O–H groups in total. The number of carboxylic acids is 2. The van der Waals surface area contributed by atoms with Crippen molar-refractivity contribution in [3.8, 4) is 0 Å². The maximum Gasteiger partial charge on any atom is 0.337 e. The molecule has 3 aromatic rings. The van der Waals surface area contributed by atoms with Gasteiger partial charge in [0.2, 0.25) is 0 Å². The van der Waals surface area contributed by atoms with Crippen molar-refractivity contribution in [2.24, 2.45) is 20.5 Å². The van der Waals surface area contributed by atoms with E-state index in [1.807, 2.05) is 0 Å². The van der Waals surface area contributed by atoms with Crippen LogP contribution in [-0.2, 0) is 0 Å². The predicted octanol–water partition coefficient (Wildman–Crippen LogP) is 5.24. The topological polar surface area (TPSA) is 140 Å². The van der Waals surface area contributed by atoms with E-state index in [1.54, 1.807) is 48.5 Å². The average Bonchev–Trinajstić information content (AvgIpc) is 3.13. The lowest BCUT2D eigenvalue weighted by atomic mass is 10.2. The number of azo groups is 2. The van der Waals surface area contributed by atoms with Crippen molar-refractivity contribution in [3.05, 3.63) is 71.8 Å². The summed E-state index contributed by atoms with van der Waals surface area (Å²) in [6.45, 7) is 0. The highest BCUT2D eigenvalue weighted by molar-refractivity contribution is 5.93. The predicted molar refractivity (Wildman–Crippen MR) is 95.9 cm³/mol. The Kier molecular flexibility index (Phi) is 5.12. The monoisotopic (exact) mass is 363 g/mol. The lowest BCUT2D eigenvalue weighted by Gasteiger charge is -1.98. The fourth-order valence-electron chi connectivity index (χ4n) is 2.19. The minimum Gasteiger partial charge on any atom is -0.478 e. The van der Waals surface area contributed by atoms with E-state index in [0.717, 1.165) is 0 Å². The van der Waals surface area contributed by atoms with E-state index in [0.29, 0.717) is 11.6 Å². The molecule has 1 aromatic heterocycles. The molecule has 0 aliphatic carbocycles. The Morgan fingerprint density at radius 3 is 1.44 bits per heavy atom. The van der Waals surface area contributed by atoms with E-state index in [-0.39, 0.29) is 22.5 Å². The third-order valence-corrected chi connectivity index (χ3v) is 3.46. The molecule has 27 heavy (non-hydrogen) atoms. The Morgan fingerprint density at radius 2 is 1.04 bits per heavy atom. The van der Waals surface area contributed by atoms with Gasteiger partial charge in [-0.25, -0.2) is 9.59 Å². The van der Waals surface area contributed by atoms with Crippen molar-refractivity contribution in [1.29, 1.82) is 0 Å². The first-order chi connectivity index (χ1) is 13.0. The number of hydrogen-bond donors (Lipinski definition) is 3. The highest BCUT2D eigenvalue weighted by atomic mass is 16.4. The maximum atomic E-state index is 11.2.